The number of hydrogen-bond donors (Lipinski definition) is 3. The van der Waals surface area contributed by atoms with Gasteiger partial charge in [-0.05, 0) is 24.3 Å². The van der Waals surface area contributed by atoms with E-state index in [-0.39, 0.29) is 11.8 Å². The number of hydrogen-bond acceptors (Lipinski definition) is 4. The predicted molar refractivity (Wildman–Crippen MR) is 105 cm³/mol. The highest BCUT2D eigenvalue weighted by atomic mass is 16.5. The number of carbonyl (C=O) groups is 2. The van der Waals surface area contributed by atoms with Crippen LogP contribution in [-0.2, 0) is 0 Å². The van der Waals surface area contributed by atoms with E-state index in [0.717, 1.165) is 17.3 Å². The normalized spacial score (nSPS) is 13.0. The Balaban J connectivity index is 1.30. The molecule has 144 valence electrons. The largest absolute Gasteiger partial charge is 0.490 e. The highest BCUT2D eigenvalue weighted by Gasteiger charge is 2.14. The third-order valence-corrected chi connectivity index (χ3v) is 4.54. The van der Waals surface area contributed by atoms with Crippen LogP contribution in [0.4, 0.5) is 0 Å². The molecule has 0 aliphatic carbocycles. The van der Waals surface area contributed by atoms with E-state index in [4.69, 9.17) is 9.47 Å². The van der Waals surface area contributed by atoms with Gasteiger partial charge >= 0.3 is 0 Å². The number of carbonyl (C=O) groups excluding carboxylic acids is 2. The maximum Gasteiger partial charge on any atom is 0.253 e. The van der Waals surface area contributed by atoms with Crippen LogP contribution in [0.25, 0.3) is 10.9 Å². The van der Waals surface area contributed by atoms with Gasteiger partial charge in [-0.2, -0.15) is 0 Å². The first-order valence-corrected chi connectivity index (χ1v) is 9.24. The van der Waals surface area contributed by atoms with Crippen molar-refractivity contribution < 1.29 is 19.1 Å². The summed E-state index contributed by atoms with van der Waals surface area (Å²) >= 11 is 0. The molecule has 1 aromatic heterocycles. The van der Waals surface area contributed by atoms with Crippen LogP contribution in [0.15, 0.2) is 48.7 Å². The Bertz CT molecular complexity index is 1010. The van der Waals surface area contributed by atoms with Gasteiger partial charge in [0.05, 0.1) is 18.8 Å². The van der Waals surface area contributed by atoms with E-state index in [2.05, 4.69) is 15.6 Å². The lowest BCUT2D eigenvalue weighted by Gasteiger charge is -2.10. The van der Waals surface area contributed by atoms with Gasteiger partial charge in [-0.15, -0.1) is 0 Å². The van der Waals surface area contributed by atoms with Gasteiger partial charge in [0.25, 0.3) is 11.8 Å². The maximum atomic E-state index is 12.4. The number of fused-ring (bicyclic) bond motifs is 2. The van der Waals surface area contributed by atoms with Crippen molar-refractivity contribution in [3.05, 3.63) is 59.8 Å². The summed E-state index contributed by atoms with van der Waals surface area (Å²) in [6, 6.07) is 12.7. The molecule has 2 aromatic carbocycles. The van der Waals surface area contributed by atoms with Crippen LogP contribution in [-0.4, -0.2) is 43.1 Å². The number of ether oxygens (including phenoxy) is 2. The molecule has 0 radical (unpaired) electrons. The average molecular weight is 379 g/mol. The van der Waals surface area contributed by atoms with E-state index in [0.29, 0.717) is 48.9 Å². The number of rotatable bonds is 5. The molecule has 0 fully saturated rings. The first kappa shape index (κ1) is 17.9. The van der Waals surface area contributed by atoms with Gasteiger partial charge in [0.15, 0.2) is 11.5 Å². The van der Waals surface area contributed by atoms with Crippen molar-refractivity contribution in [1.82, 2.24) is 15.6 Å². The highest BCUT2D eigenvalue weighted by molar-refractivity contribution is 6.06. The lowest BCUT2D eigenvalue weighted by atomic mass is 10.1. The van der Waals surface area contributed by atoms with Crippen LogP contribution >= 0.6 is 0 Å². The lowest BCUT2D eigenvalue weighted by molar-refractivity contribution is 0.0928. The predicted octanol–water partition coefficient (Wildman–Crippen LogP) is 2.49. The fourth-order valence-electron chi connectivity index (χ4n) is 3.11. The Morgan fingerprint density at radius 1 is 0.929 bits per heavy atom. The molecule has 7 nitrogen and oxygen atoms in total. The first-order chi connectivity index (χ1) is 13.7. The minimum Gasteiger partial charge on any atom is -0.490 e. The summed E-state index contributed by atoms with van der Waals surface area (Å²) in [5.41, 5.74) is 1.99. The summed E-state index contributed by atoms with van der Waals surface area (Å²) in [4.78, 5) is 27.8. The van der Waals surface area contributed by atoms with Crippen LogP contribution < -0.4 is 20.1 Å². The molecule has 0 saturated carbocycles. The maximum absolute atomic E-state index is 12.4. The monoisotopic (exact) mass is 379 g/mol. The fraction of sp³-hybridized carbons (Fsp3) is 0.238. The van der Waals surface area contributed by atoms with E-state index < -0.39 is 0 Å². The summed E-state index contributed by atoms with van der Waals surface area (Å²) < 4.78 is 11.2. The smallest absolute Gasteiger partial charge is 0.253 e. The van der Waals surface area contributed by atoms with Crippen LogP contribution in [0.3, 0.4) is 0 Å². The lowest BCUT2D eigenvalue weighted by Crippen LogP contribution is -2.34. The number of H-pyrrole nitrogens is 1. The first-order valence-electron chi connectivity index (χ1n) is 9.24. The van der Waals surface area contributed by atoms with Crippen LogP contribution in [0.2, 0.25) is 0 Å². The summed E-state index contributed by atoms with van der Waals surface area (Å²) in [6.07, 6.45) is 2.50. The van der Waals surface area contributed by atoms with Gasteiger partial charge in [-0.1, -0.05) is 18.2 Å². The molecular weight excluding hydrogens is 358 g/mol. The second kappa shape index (κ2) is 8.04. The minimum absolute atomic E-state index is 0.178. The Morgan fingerprint density at radius 3 is 2.54 bits per heavy atom. The molecule has 0 bridgehead atoms. The molecule has 4 rings (SSSR count). The molecule has 0 unspecified atom stereocenters. The molecule has 7 heteroatoms. The van der Waals surface area contributed by atoms with Crippen molar-refractivity contribution in [3.63, 3.8) is 0 Å². The van der Waals surface area contributed by atoms with Gasteiger partial charge in [-0.3, -0.25) is 9.59 Å². The number of benzene rings is 2. The van der Waals surface area contributed by atoms with E-state index in [1.54, 1.807) is 24.4 Å². The molecule has 2 amide bonds. The molecule has 2 heterocycles. The van der Waals surface area contributed by atoms with Crippen molar-refractivity contribution in [3.8, 4) is 11.5 Å². The molecule has 0 spiro atoms. The van der Waals surface area contributed by atoms with E-state index in [1.165, 1.54) is 0 Å². The molecule has 3 aromatic rings. The Hall–Kier alpha value is -3.48. The Morgan fingerprint density at radius 2 is 1.68 bits per heavy atom. The number of amides is 2. The highest BCUT2D eigenvalue weighted by Crippen LogP contribution is 2.30. The topological polar surface area (TPSA) is 92.5 Å². The van der Waals surface area contributed by atoms with Gasteiger partial charge in [0.1, 0.15) is 0 Å². The van der Waals surface area contributed by atoms with Gasteiger partial charge in [0, 0.05) is 42.2 Å². The van der Waals surface area contributed by atoms with Gasteiger partial charge in [-0.25, -0.2) is 0 Å². The van der Waals surface area contributed by atoms with Crippen LogP contribution in [0.5, 0.6) is 11.5 Å². The van der Waals surface area contributed by atoms with Crippen LogP contribution in [0.1, 0.15) is 27.1 Å². The molecule has 0 saturated heterocycles. The van der Waals surface area contributed by atoms with Crippen molar-refractivity contribution in [2.45, 2.75) is 6.42 Å². The minimum atomic E-state index is -0.225. The zero-order chi connectivity index (χ0) is 19.3. The summed E-state index contributed by atoms with van der Waals surface area (Å²) in [6.45, 7) is 1.82. The molecule has 0 atom stereocenters. The number of nitrogens with one attached hydrogen (secondary N) is 3. The van der Waals surface area contributed by atoms with E-state index in [1.807, 2.05) is 24.3 Å². The molecule has 3 N–H and O–H groups in total. The van der Waals surface area contributed by atoms with Gasteiger partial charge < -0.3 is 25.1 Å². The van der Waals surface area contributed by atoms with E-state index >= 15 is 0 Å². The molecule has 28 heavy (non-hydrogen) atoms. The van der Waals surface area contributed by atoms with Gasteiger partial charge in [0.2, 0.25) is 0 Å². The summed E-state index contributed by atoms with van der Waals surface area (Å²) in [5.74, 6) is 0.831. The van der Waals surface area contributed by atoms with Crippen LogP contribution in [0, 0.1) is 0 Å². The second-order valence-corrected chi connectivity index (χ2v) is 6.47. The van der Waals surface area contributed by atoms with Crippen molar-refractivity contribution >= 4 is 22.7 Å². The number of aromatic amines is 1. The van der Waals surface area contributed by atoms with E-state index in [9.17, 15) is 9.59 Å². The average Bonchev–Trinajstić information content (AvgIpc) is 3.01. The molecular formula is C21H21N3O4. The Kier molecular flexibility index (Phi) is 5.14. The third-order valence-electron chi connectivity index (χ3n) is 4.54. The van der Waals surface area contributed by atoms with Crippen molar-refractivity contribution in [2.24, 2.45) is 0 Å². The van der Waals surface area contributed by atoms with Crippen molar-refractivity contribution in [2.75, 3.05) is 26.3 Å². The fourth-order valence-corrected chi connectivity index (χ4v) is 3.11. The molecule has 1 aliphatic rings. The second-order valence-electron chi connectivity index (χ2n) is 6.47. The SMILES string of the molecule is O=C(NCCNC(=O)c1c[nH]c2ccccc12)c1ccc2c(c1)OCCCO2. The van der Waals surface area contributed by atoms with Crippen molar-refractivity contribution in [1.29, 1.82) is 0 Å². The summed E-state index contributed by atoms with van der Waals surface area (Å²) in [5, 5.41) is 6.50. The zero-order valence-electron chi connectivity index (χ0n) is 15.3. The quantitative estimate of drug-likeness (QED) is 0.594. The summed E-state index contributed by atoms with van der Waals surface area (Å²) in [7, 11) is 0. The molecule has 1 aliphatic heterocycles. The number of para-hydroxylation sites is 1. The zero-order valence-corrected chi connectivity index (χ0v) is 15.3. The Labute approximate surface area is 162 Å². The number of aromatic nitrogens is 1. The third kappa shape index (κ3) is 3.78. The standard InChI is InChI=1S/C21H21N3O4/c25-20(14-6-7-18-19(12-14)28-11-3-10-27-18)22-8-9-23-21(26)16-13-24-17-5-2-1-4-15(16)17/h1-2,4-7,12-13,24H,3,8-11H2,(H,22,25)(H,23,26).